The molecule has 0 fully saturated rings. The van der Waals surface area contributed by atoms with Crippen molar-refractivity contribution in [2.24, 2.45) is 0 Å². The predicted octanol–water partition coefficient (Wildman–Crippen LogP) is 3.02. The molecule has 23 heavy (non-hydrogen) atoms. The molecule has 2 aromatic rings. The van der Waals surface area contributed by atoms with E-state index in [2.05, 4.69) is 9.97 Å². The molecule has 122 valence electrons. The van der Waals surface area contributed by atoms with Crippen LogP contribution in [0, 0.1) is 5.95 Å². The monoisotopic (exact) mass is 359 g/mol. The van der Waals surface area contributed by atoms with Gasteiger partial charge in [0.2, 0.25) is 11.8 Å². The smallest absolute Gasteiger partial charge is 0.347 e. The fourth-order valence-corrected chi connectivity index (χ4v) is 1.92. The first-order valence-electron chi connectivity index (χ1n) is 6.43. The van der Waals surface area contributed by atoms with Crippen molar-refractivity contribution in [2.45, 2.75) is 19.6 Å². The van der Waals surface area contributed by atoms with E-state index in [9.17, 15) is 9.18 Å². The second-order valence-electron chi connectivity index (χ2n) is 4.44. The van der Waals surface area contributed by atoms with Crippen LogP contribution in [0.4, 0.5) is 10.1 Å². The quantitative estimate of drug-likeness (QED) is 0.652. The van der Waals surface area contributed by atoms with E-state index in [0.29, 0.717) is 5.69 Å². The van der Waals surface area contributed by atoms with Gasteiger partial charge in [-0.2, -0.15) is 9.37 Å². The van der Waals surface area contributed by atoms with Crippen molar-refractivity contribution in [1.29, 1.82) is 0 Å². The molecule has 0 aromatic carbocycles. The third-order valence-corrected chi connectivity index (χ3v) is 3.48. The second-order valence-corrected chi connectivity index (χ2v) is 5.19. The van der Waals surface area contributed by atoms with Gasteiger partial charge in [0.1, 0.15) is 16.7 Å². The molecule has 9 heteroatoms. The lowest BCUT2D eigenvalue weighted by Crippen LogP contribution is -2.26. The SMILES string of the molecule is C[C@@H](Oc1nc(F)c(Cl)c(N)c1Cl)C(=O)OCc1ccccn1. The summed E-state index contributed by atoms with van der Waals surface area (Å²) in [7, 11) is 0. The Labute approximate surface area is 141 Å². The maximum Gasteiger partial charge on any atom is 0.347 e. The Bertz CT molecular complexity index is 716. The number of pyridine rings is 2. The van der Waals surface area contributed by atoms with Gasteiger partial charge in [-0.15, -0.1) is 0 Å². The minimum Gasteiger partial charge on any atom is -0.461 e. The Morgan fingerprint density at radius 2 is 2.13 bits per heavy atom. The molecule has 2 N–H and O–H groups in total. The van der Waals surface area contributed by atoms with Crippen molar-refractivity contribution in [3.63, 3.8) is 0 Å². The highest BCUT2D eigenvalue weighted by Crippen LogP contribution is 2.35. The molecule has 0 spiro atoms. The average molecular weight is 360 g/mol. The van der Waals surface area contributed by atoms with Crippen molar-refractivity contribution in [1.82, 2.24) is 9.97 Å². The van der Waals surface area contributed by atoms with Crippen LogP contribution in [-0.4, -0.2) is 22.0 Å². The van der Waals surface area contributed by atoms with Crippen LogP contribution in [0.3, 0.4) is 0 Å². The van der Waals surface area contributed by atoms with Crippen molar-refractivity contribution < 1.29 is 18.7 Å². The van der Waals surface area contributed by atoms with E-state index in [4.69, 9.17) is 38.4 Å². The first-order valence-corrected chi connectivity index (χ1v) is 7.19. The minimum absolute atomic E-state index is 0.0222. The molecule has 2 rings (SSSR count). The average Bonchev–Trinajstić information content (AvgIpc) is 2.56. The number of nitrogens with zero attached hydrogens (tertiary/aromatic N) is 2. The second kappa shape index (κ2) is 7.43. The number of esters is 1. The third kappa shape index (κ3) is 4.20. The fourth-order valence-electron chi connectivity index (χ4n) is 1.55. The molecule has 0 saturated heterocycles. The van der Waals surface area contributed by atoms with Gasteiger partial charge in [-0.3, -0.25) is 4.98 Å². The standard InChI is InChI=1S/C14H12Cl2FN3O3/c1-7(14(21)22-6-8-4-2-3-5-19-8)23-13-10(16)11(18)9(15)12(17)20-13/h2-5,7H,6H2,1H3,(H2,18,20)/t7-/m1/s1. The van der Waals surface area contributed by atoms with Gasteiger partial charge in [0, 0.05) is 6.20 Å². The maximum absolute atomic E-state index is 13.5. The number of nitrogen functional groups attached to an aromatic ring is 1. The summed E-state index contributed by atoms with van der Waals surface area (Å²) in [5, 5.41) is -0.589. The van der Waals surface area contributed by atoms with Crippen LogP contribution < -0.4 is 10.5 Å². The molecule has 0 amide bonds. The summed E-state index contributed by atoms with van der Waals surface area (Å²) in [4.78, 5) is 19.3. The van der Waals surface area contributed by atoms with Gasteiger partial charge in [0.25, 0.3) is 0 Å². The number of hydrogen-bond donors (Lipinski definition) is 1. The summed E-state index contributed by atoms with van der Waals surface area (Å²) in [6.07, 6.45) is 0.496. The summed E-state index contributed by atoms with van der Waals surface area (Å²) in [5.74, 6) is -2.08. The molecule has 0 radical (unpaired) electrons. The molecule has 0 aliphatic heterocycles. The van der Waals surface area contributed by atoms with E-state index in [1.165, 1.54) is 6.92 Å². The van der Waals surface area contributed by atoms with Gasteiger partial charge >= 0.3 is 5.97 Å². The van der Waals surface area contributed by atoms with E-state index in [1.807, 2.05) is 0 Å². The third-order valence-electron chi connectivity index (χ3n) is 2.75. The Kier molecular flexibility index (Phi) is 5.57. The summed E-state index contributed by atoms with van der Waals surface area (Å²) >= 11 is 11.4. The van der Waals surface area contributed by atoms with Gasteiger partial charge < -0.3 is 15.2 Å². The molecule has 2 aromatic heterocycles. The van der Waals surface area contributed by atoms with Crippen LogP contribution >= 0.6 is 23.2 Å². The van der Waals surface area contributed by atoms with Crippen LogP contribution in [0.5, 0.6) is 5.88 Å². The molecular weight excluding hydrogens is 348 g/mol. The zero-order valence-corrected chi connectivity index (χ0v) is 13.4. The number of nitrogens with two attached hydrogens (primary N) is 1. The lowest BCUT2D eigenvalue weighted by molar-refractivity contribution is -0.152. The molecule has 0 aliphatic carbocycles. The lowest BCUT2D eigenvalue weighted by atomic mass is 10.3. The van der Waals surface area contributed by atoms with Crippen LogP contribution in [0.25, 0.3) is 0 Å². The predicted molar refractivity (Wildman–Crippen MR) is 82.8 cm³/mol. The first-order chi connectivity index (χ1) is 10.9. The minimum atomic E-state index is -1.08. The number of ether oxygens (including phenoxy) is 2. The van der Waals surface area contributed by atoms with Crippen molar-refractivity contribution >= 4 is 34.9 Å². The molecule has 0 saturated carbocycles. The molecule has 0 aliphatic rings. The lowest BCUT2D eigenvalue weighted by Gasteiger charge is -2.15. The number of aromatic nitrogens is 2. The van der Waals surface area contributed by atoms with Crippen LogP contribution in [0.15, 0.2) is 24.4 Å². The van der Waals surface area contributed by atoms with E-state index in [0.717, 1.165) is 0 Å². The summed E-state index contributed by atoms with van der Waals surface area (Å²) in [6.45, 7) is 1.38. The number of carbonyl (C=O) groups is 1. The normalized spacial score (nSPS) is 11.8. The Morgan fingerprint density at radius 1 is 1.39 bits per heavy atom. The molecule has 0 unspecified atom stereocenters. The topological polar surface area (TPSA) is 87.3 Å². The molecule has 2 heterocycles. The van der Waals surface area contributed by atoms with E-state index in [1.54, 1.807) is 24.4 Å². The molecule has 0 bridgehead atoms. The number of anilines is 1. The summed E-state index contributed by atoms with van der Waals surface area (Å²) in [5.41, 5.74) is 5.88. The Hall–Kier alpha value is -2.12. The van der Waals surface area contributed by atoms with Crippen molar-refractivity contribution in [2.75, 3.05) is 5.73 Å². The van der Waals surface area contributed by atoms with Gasteiger partial charge in [0.15, 0.2) is 6.10 Å². The van der Waals surface area contributed by atoms with Crippen LogP contribution in [-0.2, 0) is 16.1 Å². The number of hydrogen-bond acceptors (Lipinski definition) is 6. The van der Waals surface area contributed by atoms with E-state index in [-0.39, 0.29) is 23.2 Å². The van der Waals surface area contributed by atoms with Crippen LogP contribution in [0.1, 0.15) is 12.6 Å². The zero-order chi connectivity index (χ0) is 17.0. The van der Waals surface area contributed by atoms with Gasteiger partial charge in [0.05, 0.1) is 11.4 Å². The van der Waals surface area contributed by atoms with Gasteiger partial charge in [-0.1, -0.05) is 29.3 Å². The van der Waals surface area contributed by atoms with Gasteiger partial charge in [-0.05, 0) is 19.1 Å². The van der Waals surface area contributed by atoms with Crippen molar-refractivity contribution in [3.8, 4) is 5.88 Å². The molecular formula is C14H12Cl2FN3O3. The molecule has 1 atom stereocenters. The Balaban J connectivity index is 2.01. The van der Waals surface area contributed by atoms with E-state index >= 15 is 0 Å². The molecule has 6 nitrogen and oxygen atoms in total. The van der Waals surface area contributed by atoms with E-state index < -0.39 is 23.0 Å². The summed E-state index contributed by atoms with van der Waals surface area (Å²) in [6, 6.07) is 5.20. The Morgan fingerprint density at radius 3 is 2.78 bits per heavy atom. The maximum atomic E-state index is 13.5. The highest BCUT2D eigenvalue weighted by atomic mass is 35.5. The number of halogens is 3. The summed E-state index contributed by atoms with van der Waals surface area (Å²) < 4.78 is 23.7. The number of rotatable bonds is 5. The largest absolute Gasteiger partial charge is 0.461 e. The highest BCUT2D eigenvalue weighted by molar-refractivity contribution is 6.39. The first kappa shape index (κ1) is 17.2. The van der Waals surface area contributed by atoms with Crippen molar-refractivity contribution in [3.05, 3.63) is 46.1 Å². The number of carbonyl (C=O) groups excluding carboxylic acids is 1. The highest BCUT2D eigenvalue weighted by Gasteiger charge is 2.22. The fraction of sp³-hybridized carbons (Fsp3) is 0.214. The zero-order valence-electron chi connectivity index (χ0n) is 11.9. The van der Waals surface area contributed by atoms with Gasteiger partial charge in [-0.25, -0.2) is 4.79 Å². The van der Waals surface area contributed by atoms with Crippen LogP contribution in [0.2, 0.25) is 10.0 Å².